The molecular formula is C11H11F2IO2. The maximum Gasteiger partial charge on any atom is 0.387 e. The van der Waals surface area contributed by atoms with Crippen molar-refractivity contribution in [3.63, 3.8) is 0 Å². The fraction of sp³-hybridized carbons (Fsp3) is 0.364. The Bertz CT molecular complexity index is 405. The van der Waals surface area contributed by atoms with Gasteiger partial charge in [0.1, 0.15) is 5.75 Å². The maximum absolute atomic E-state index is 12.2. The molecule has 0 aromatic heterocycles. The Hall–Kier alpha value is -0.720. The Morgan fingerprint density at radius 2 is 2.12 bits per heavy atom. The smallest absolute Gasteiger partial charge is 0.387 e. The molecule has 2 nitrogen and oxygen atoms in total. The lowest BCUT2D eigenvalue weighted by molar-refractivity contribution is -0.0505. The van der Waals surface area contributed by atoms with Crippen molar-refractivity contribution in [1.29, 1.82) is 0 Å². The summed E-state index contributed by atoms with van der Waals surface area (Å²) in [6.45, 7) is 0.418. The summed E-state index contributed by atoms with van der Waals surface area (Å²) in [7, 11) is 0. The molecule has 0 heterocycles. The van der Waals surface area contributed by atoms with Gasteiger partial charge in [0.15, 0.2) is 5.78 Å². The van der Waals surface area contributed by atoms with Crippen LogP contribution in [-0.4, -0.2) is 12.4 Å². The summed E-state index contributed by atoms with van der Waals surface area (Å²) in [5.41, 5.74) is 1.23. The fourth-order valence-corrected chi connectivity index (χ4v) is 2.12. The van der Waals surface area contributed by atoms with E-state index in [-0.39, 0.29) is 11.5 Å². The van der Waals surface area contributed by atoms with Crippen LogP contribution >= 0.6 is 22.6 Å². The molecule has 0 aliphatic rings. The van der Waals surface area contributed by atoms with E-state index >= 15 is 0 Å². The lowest BCUT2D eigenvalue weighted by Gasteiger charge is -2.11. The van der Waals surface area contributed by atoms with Gasteiger partial charge in [-0.25, -0.2) is 0 Å². The first kappa shape index (κ1) is 13.3. The van der Waals surface area contributed by atoms with Crippen molar-refractivity contribution in [2.24, 2.45) is 0 Å². The van der Waals surface area contributed by atoms with Gasteiger partial charge in [0.2, 0.25) is 0 Å². The molecular weight excluding hydrogens is 329 g/mol. The number of alkyl halides is 2. The second-order valence-electron chi connectivity index (χ2n) is 3.24. The highest BCUT2D eigenvalue weighted by Crippen LogP contribution is 2.28. The van der Waals surface area contributed by atoms with Crippen LogP contribution in [0.3, 0.4) is 0 Å². The van der Waals surface area contributed by atoms with Crippen molar-refractivity contribution in [1.82, 2.24) is 0 Å². The lowest BCUT2D eigenvalue weighted by Crippen LogP contribution is -2.06. The van der Waals surface area contributed by atoms with Crippen molar-refractivity contribution < 1.29 is 18.3 Å². The number of hydrogen-bond acceptors (Lipinski definition) is 2. The second-order valence-corrected chi connectivity index (χ2v) is 4.31. The first-order valence-corrected chi connectivity index (χ1v) is 5.81. The summed E-state index contributed by atoms with van der Waals surface area (Å²) in [6, 6.07) is 3.07. The third-order valence-corrected chi connectivity index (χ3v) is 3.34. The number of Topliss-reactive ketones (excluding diaryl/α,β-unsaturated/α-hetero) is 1. The van der Waals surface area contributed by atoms with Gasteiger partial charge in [-0.1, -0.05) is 6.92 Å². The van der Waals surface area contributed by atoms with Gasteiger partial charge in [-0.15, -0.1) is 0 Å². The summed E-state index contributed by atoms with van der Waals surface area (Å²) in [5.74, 6) is -0.0923. The Kier molecular flexibility index (Phi) is 4.64. The van der Waals surface area contributed by atoms with Gasteiger partial charge in [0.05, 0.1) is 3.57 Å². The molecule has 1 aromatic rings. The maximum atomic E-state index is 12.2. The molecule has 0 bridgehead atoms. The fourth-order valence-electron chi connectivity index (χ4n) is 1.30. The zero-order valence-corrected chi connectivity index (χ0v) is 11.0. The van der Waals surface area contributed by atoms with E-state index in [1.165, 1.54) is 13.0 Å². The van der Waals surface area contributed by atoms with Crippen LogP contribution in [0.4, 0.5) is 8.78 Å². The number of carbonyl (C=O) groups excluding carboxylic acids is 1. The van der Waals surface area contributed by atoms with Gasteiger partial charge in [-0.2, -0.15) is 8.78 Å². The number of ether oxygens (including phenoxy) is 1. The molecule has 1 aromatic carbocycles. The molecule has 0 aliphatic heterocycles. The molecule has 0 radical (unpaired) electrons. The van der Waals surface area contributed by atoms with Gasteiger partial charge in [0, 0.05) is 5.56 Å². The van der Waals surface area contributed by atoms with Crippen LogP contribution in [0, 0.1) is 3.57 Å². The molecule has 0 saturated heterocycles. The number of ketones is 1. The average molecular weight is 340 g/mol. The second kappa shape index (κ2) is 5.56. The zero-order chi connectivity index (χ0) is 12.3. The first-order chi connectivity index (χ1) is 7.45. The highest BCUT2D eigenvalue weighted by molar-refractivity contribution is 14.1. The SMILES string of the molecule is CCc1cc(C(C)=O)cc(OC(F)F)c1I. The van der Waals surface area contributed by atoms with E-state index in [4.69, 9.17) is 0 Å². The average Bonchev–Trinajstić information content (AvgIpc) is 2.20. The Morgan fingerprint density at radius 1 is 1.50 bits per heavy atom. The van der Waals surface area contributed by atoms with E-state index in [1.807, 2.05) is 29.5 Å². The van der Waals surface area contributed by atoms with Crippen LogP contribution in [-0.2, 0) is 6.42 Å². The molecule has 0 aliphatic carbocycles. The Morgan fingerprint density at radius 3 is 2.56 bits per heavy atom. The number of hydrogen-bond donors (Lipinski definition) is 0. The Balaban J connectivity index is 3.24. The highest BCUT2D eigenvalue weighted by atomic mass is 127. The predicted molar refractivity (Wildman–Crippen MR) is 65.2 cm³/mol. The summed E-state index contributed by atoms with van der Waals surface area (Å²) >= 11 is 1.94. The van der Waals surface area contributed by atoms with Crippen molar-refractivity contribution in [2.45, 2.75) is 26.9 Å². The topological polar surface area (TPSA) is 26.3 Å². The van der Waals surface area contributed by atoms with E-state index in [0.29, 0.717) is 15.6 Å². The predicted octanol–water partition coefficient (Wildman–Crippen LogP) is 3.66. The first-order valence-electron chi connectivity index (χ1n) is 4.73. The molecule has 5 heteroatoms. The van der Waals surface area contributed by atoms with E-state index in [1.54, 1.807) is 6.07 Å². The van der Waals surface area contributed by atoms with E-state index < -0.39 is 6.61 Å². The van der Waals surface area contributed by atoms with Crippen molar-refractivity contribution >= 4 is 28.4 Å². The number of aryl methyl sites for hydroxylation is 1. The molecule has 88 valence electrons. The summed E-state index contributed by atoms with van der Waals surface area (Å²) in [6.07, 6.45) is 0.666. The molecule has 0 unspecified atom stereocenters. The van der Waals surface area contributed by atoms with Crippen LogP contribution in [0.1, 0.15) is 29.8 Å². The van der Waals surface area contributed by atoms with Crippen LogP contribution in [0.5, 0.6) is 5.75 Å². The lowest BCUT2D eigenvalue weighted by atomic mass is 10.1. The van der Waals surface area contributed by atoms with Gasteiger partial charge in [-0.05, 0) is 53.6 Å². The van der Waals surface area contributed by atoms with Gasteiger partial charge >= 0.3 is 6.61 Å². The molecule has 0 amide bonds. The molecule has 0 spiro atoms. The van der Waals surface area contributed by atoms with Crippen LogP contribution in [0.25, 0.3) is 0 Å². The number of benzene rings is 1. The summed E-state index contributed by atoms with van der Waals surface area (Å²) in [4.78, 5) is 11.2. The molecule has 0 saturated carbocycles. The van der Waals surface area contributed by atoms with Gasteiger partial charge < -0.3 is 4.74 Å². The van der Waals surface area contributed by atoms with E-state index in [0.717, 1.165) is 5.56 Å². The van der Waals surface area contributed by atoms with Crippen molar-refractivity contribution in [3.05, 3.63) is 26.8 Å². The molecule has 0 N–H and O–H groups in total. The quantitative estimate of drug-likeness (QED) is 0.618. The standard InChI is InChI=1S/C11H11F2IO2/c1-3-7-4-8(6(2)15)5-9(10(7)14)16-11(12)13/h4-5,11H,3H2,1-2H3. The monoisotopic (exact) mass is 340 g/mol. The van der Waals surface area contributed by atoms with Crippen molar-refractivity contribution in [3.8, 4) is 5.75 Å². The minimum absolute atomic E-state index is 0.0696. The molecule has 0 fully saturated rings. The summed E-state index contributed by atoms with van der Waals surface area (Å²) in [5, 5.41) is 0. The highest BCUT2D eigenvalue weighted by Gasteiger charge is 2.14. The van der Waals surface area contributed by atoms with Crippen LogP contribution in [0.15, 0.2) is 12.1 Å². The van der Waals surface area contributed by atoms with Crippen LogP contribution < -0.4 is 4.74 Å². The van der Waals surface area contributed by atoms with Gasteiger partial charge in [-0.3, -0.25) is 4.79 Å². The minimum Gasteiger partial charge on any atom is -0.434 e. The van der Waals surface area contributed by atoms with Gasteiger partial charge in [0.25, 0.3) is 0 Å². The normalized spacial score (nSPS) is 10.6. The number of rotatable bonds is 4. The zero-order valence-electron chi connectivity index (χ0n) is 8.89. The third-order valence-electron chi connectivity index (χ3n) is 2.12. The Labute approximate surface area is 106 Å². The van der Waals surface area contributed by atoms with E-state index in [9.17, 15) is 13.6 Å². The van der Waals surface area contributed by atoms with E-state index in [2.05, 4.69) is 4.74 Å². The van der Waals surface area contributed by atoms with Crippen LogP contribution in [0.2, 0.25) is 0 Å². The molecule has 16 heavy (non-hydrogen) atoms. The third kappa shape index (κ3) is 3.13. The largest absolute Gasteiger partial charge is 0.434 e. The number of halogens is 3. The summed E-state index contributed by atoms with van der Waals surface area (Å²) < 4.78 is 29.3. The van der Waals surface area contributed by atoms with Crippen molar-refractivity contribution in [2.75, 3.05) is 0 Å². The number of carbonyl (C=O) groups is 1. The molecule has 1 rings (SSSR count). The minimum atomic E-state index is -2.87. The molecule has 0 atom stereocenters.